The molecule has 5 nitrogen and oxygen atoms in total. The number of thiazole rings is 1. The number of halogens is 1. The van der Waals surface area contributed by atoms with Gasteiger partial charge in [-0.15, -0.1) is 46.7 Å². The maximum absolute atomic E-state index is 4.61. The number of hydrogen-bond donors (Lipinski definition) is 2. The normalized spacial score (nSPS) is 11.0. The van der Waals surface area contributed by atoms with Crippen LogP contribution in [0.3, 0.4) is 0 Å². The molecule has 2 rings (SSSR count). The number of guanidine groups is 1. The van der Waals surface area contributed by atoms with Crippen molar-refractivity contribution in [3.8, 4) is 0 Å². The third kappa shape index (κ3) is 6.27. The fourth-order valence-corrected chi connectivity index (χ4v) is 3.42. The monoisotopic (exact) mass is 465 g/mol. The zero-order chi connectivity index (χ0) is 15.9. The summed E-state index contributed by atoms with van der Waals surface area (Å²) in [5.74, 6) is 0.828. The van der Waals surface area contributed by atoms with Crippen LogP contribution < -0.4 is 15.5 Å². The summed E-state index contributed by atoms with van der Waals surface area (Å²) in [5, 5.41) is 11.8. The van der Waals surface area contributed by atoms with Crippen LogP contribution in [0.25, 0.3) is 0 Å². The molecule has 0 aliphatic carbocycles. The highest BCUT2D eigenvalue weighted by atomic mass is 127. The van der Waals surface area contributed by atoms with E-state index >= 15 is 0 Å². The van der Waals surface area contributed by atoms with E-state index in [2.05, 4.69) is 51.3 Å². The van der Waals surface area contributed by atoms with Gasteiger partial charge in [-0.05, 0) is 30.9 Å². The summed E-state index contributed by atoms with van der Waals surface area (Å²) in [6, 6.07) is 2.14. The molecule has 23 heavy (non-hydrogen) atoms. The SMILES string of the molecule is CCNC(=NCc1csc(N(C)C)n1)NCc1sccc1C.I. The number of nitrogens with zero attached hydrogens (tertiary/aromatic N) is 3. The first kappa shape index (κ1) is 20.2. The van der Waals surface area contributed by atoms with Crippen molar-refractivity contribution in [2.75, 3.05) is 25.5 Å². The molecule has 2 heterocycles. The van der Waals surface area contributed by atoms with Gasteiger partial charge in [0.25, 0.3) is 0 Å². The zero-order valence-corrected chi connectivity index (χ0v) is 17.9. The second-order valence-corrected chi connectivity index (χ2v) is 6.93. The minimum absolute atomic E-state index is 0. The fourth-order valence-electron chi connectivity index (χ4n) is 1.83. The molecule has 0 radical (unpaired) electrons. The van der Waals surface area contributed by atoms with Crippen molar-refractivity contribution in [2.45, 2.75) is 26.9 Å². The summed E-state index contributed by atoms with van der Waals surface area (Å²) in [7, 11) is 4.00. The molecule has 0 bridgehead atoms. The molecule has 128 valence electrons. The van der Waals surface area contributed by atoms with E-state index in [-0.39, 0.29) is 24.0 Å². The summed E-state index contributed by atoms with van der Waals surface area (Å²) < 4.78 is 0. The Labute approximate surface area is 163 Å². The van der Waals surface area contributed by atoms with Crippen LogP contribution in [0.5, 0.6) is 0 Å². The van der Waals surface area contributed by atoms with Crippen LogP contribution in [-0.2, 0) is 13.1 Å². The van der Waals surface area contributed by atoms with Crippen molar-refractivity contribution in [2.24, 2.45) is 4.99 Å². The maximum Gasteiger partial charge on any atom is 0.191 e. The molecule has 0 atom stereocenters. The Morgan fingerprint density at radius 2 is 2.09 bits per heavy atom. The molecule has 0 spiro atoms. The lowest BCUT2D eigenvalue weighted by molar-refractivity contribution is 0.817. The van der Waals surface area contributed by atoms with Crippen LogP contribution in [0.1, 0.15) is 23.1 Å². The van der Waals surface area contributed by atoms with Gasteiger partial charge in [0, 0.05) is 30.9 Å². The third-order valence-corrected chi connectivity index (χ3v) is 5.13. The minimum Gasteiger partial charge on any atom is -0.357 e. The minimum atomic E-state index is 0. The third-order valence-electron chi connectivity index (χ3n) is 3.05. The summed E-state index contributed by atoms with van der Waals surface area (Å²) in [6.07, 6.45) is 0. The van der Waals surface area contributed by atoms with Crippen LogP contribution >= 0.6 is 46.7 Å². The summed E-state index contributed by atoms with van der Waals surface area (Å²) in [4.78, 5) is 12.5. The number of anilines is 1. The number of aromatic nitrogens is 1. The van der Waals surface area contributed by atoms with Gasteiger partial charge in [0.2, 0.25) is 0 Å². The molecular formula is C15H24IN5S2. The molecule has 8 heteroatoms. The van der Waals surface area contributed by atoms with E-state index in [0.29, 0.717) is 6.54 Å². The molecule has 0 aliphatic heterocycles. The van der Waals surface area contributed by atoms with Crippen molar-refractivity contribution in [3.63, 3.8) is 0 Å². The molecule has 2 N–H and O–H groups in total. The van der Waals surface area contributed by atoms with Gasteiger partial charge in [0.1, 0.15) is 0 Å². The van der Waals surface area contributed by atoms with Gasteiger partial charge >= 0.3 is 0 Å². The van der Waals surface area contributed by atoms with Gasteiger partial charge in [0.15, 0.2) is 11.1 Å². The highest BCUT2D eigenvalue weighted by Gasteiger charge is 2.05. The van der Waals surface area contributed by atoms with Gasteiger partial charge in [-0.25, -0.2) is 9.98 Å². The fraction of sp³-hybridized carbons (Fsp3) is 0.467. The van der Waals surface area contributed by atoms with Crippen molar-refractivity contribution in [1.29, 1.82) is 0 Å². The van der Waals surface area contributed by atoms with Crippen LogP contribution in [0.4, 0.5) is 5.13 Å². The zero-order valence-electron chi connectivity index (χ0n) is 13.9. The molecule has 2 aromatic heterocycles. The number of rotatable bonds is 6. The number of thiophene rings is 1. The maximum atomic E-state index is 4.61. The Morgan fingerprint density at radius 1 is 1.30 bits per heavy atom. The molecule has 0 unspecified atom stereocenters. The molecule has 2 aromatic rings. The van der Waals surface area contributed by atoms with E-state index in [4.69, 9.17) is 0 Å². The van der Waals surface area contributed by atoms with Crippen LogP contribution in [-0.4, -0.2) is 31.6 Å². The van der Waals surface area contributed by atoms with E-state index in [1.54, 1.807) is 22.7 Å². The van der Waals surface area contributed by atoms with Crippen LogP contribution in [0.2, 0.25) is 0 Å². The second kappa shape index (κ2) is 10.1. The average Bonchev–Trinajstić information content (AvgIpc) is 3.11. The molecule has 0 aliphatic rings. The number of aryl methyl sites for hydroxylation is 1. The first-order chi connectivity index (χ1) is 10.6. The summed E-state index contributed by atoms with van der Waals surface area (Å²) >= 11 is 3.41. The highest BCUT2D eigenvalue weighted by molar-refractivity contribution is 14.0. The van der Waals surface area contributed by atoms with Gasteiger partial charge in [-0.3, -0.25) is 0 Å². The topological polar surface area (TPSA) is 52.6 Å². The average molecular weight is 465 g/mol. The lowest BCUT2D eigenvalue weighted by atomic mass is 10.3. The Balaban J connectivity index is 0.00000264. The standard InChI is InChI=1S/C15H23N5S2.HI/c1-5-16-14(18-9-13-11(2)6-7-21-13)17-8-12-10-22-15(19-12)20(3)4;/h6-7,10H,5,8-9H2,1-4H3,(H2,16,17,18);1H. The molecular weight excluding hydrogens is 441 g/mol. The number of nitrogens with one attached hydrogen (secondary N) is 2. The highest BCUT2D eigenvalue weighted by Crippen LogP contribution is 2.18. The Bertz CT molecular complexity index is 621. The van der Waals surface area contributed by atoms with Crippen molar-refractivity contribution in [1.82, 2.24) is 15.6 Å². The van der Waals surface area contributed by atoms with Gasteiger partial charge in [-0.2, -0.15) is 0 Å². The quantitative estimate of drug-likeness (QED) is 0.390. The first-order valence-corrected chi connectivity index (χ1v) is 9.03. The van der Waals surface area contributed by atoms with Crippen molar-refractivity contribution < 1.29 is 0 Å². The van der Waals surface area contributed by atoms with Gasteiger partial charge in [0.05, 0.1) is 18.8 Å². The lowest BCUT2D eigenvalue weighted by Gasteiger charge is -2.10. The van der Waals surface area contributed by atoms with Crippen LogP contribution in [0.15, 0.2) is 21.8 Å². The van der Waals surface area contributed by atoms with Crippen molar-refractivity contribution >= 4 is 57.7 Å². The van der Waals surface area contributed by atoms with Crippen molar-refractivity contribution in [3.05, 3.63) is 33.0 Å². The molecule has 0 fully saturated rings. The summed E-state index contributed by atoms with van der Waals surface area (Å²) in [6.45, 7) is 6.43. The first-order valence-electron chi connectivity index (χ1n) is 7.27. The van der Waals surface area contributed by atoms with E-state index < -0.39 is 0 Å². The Morgan fingerprint density at radius 3 is 2.65 bits per heavy atom. The van der Waals surface area contributed by atoms with E-state index in [9.17, 15) is 0 Å². The second-order valence-electron chi connectivity index (χ2n) is 5.09. The summed E-state index contributed by atoms with van der Waals surface area (Å²) in [5.41, 5.74) is 2.32. The Hall–Kier alpha value is -0.870. The molecule has 0 saturated carbocycles. The smallest absolute Gasteiger partial charge is 0.191 e. The molecule has 0 aromatic carbocycles. The lowest BCUT2D eigenvalue weighted by Crippen LogP contribution is -2.36. The van der Waals surface area contributed by atoms with Gasteiger partial charge in [-0.1, -0.05) is 0 Å². The van der Waals surface area contributed by atoms with Gasteiger partial charge < -0.3 is 15.5 Å². The largest absolute Gasteiger partial charge is 0.357 e. The number of aliphatic imine (C=N–C) groups is 1. The molecule has 0 amide bonds. The van der Waals surface area contributed by atoms with Crippen LogP contribution in [0, 0.1) is 6.92 Å². The van der Waals surface area contributed by atoms with E-state index in [1.165, 1.54) is 10.4 Å². The van der Waals surface area contributed by atoms with E-state index in [1.807, 2.05) is 19.0 Å². The predicted octanol–water partition coefficient (Wildman–Crippen LogP) is 3.45. The predicted molar refractivity (Wildman–Crippen MR) is 113 cm³/mol. The number of hydrogen-bond acceptors (Lipinski definition) is 5. The van der Waals surface area contributed by atoms with E-state index in [0.717, 1.165) is 29.9 Å². The Kier molecular flexibility index (Phi) is 8.85. The molecule has 0 saturated heterocycles.